The summed E-state index contributed by atoms with van der Waals surface area (Å²) in [7, 11) is 0. The molecule has 5 nitrogen and oxygen atoms in total. The van der Waals surface area contributed by atoms with Gasteiger partial charge in [0, 0.05) is 44.1 Å². The molecule has 4 rings (SSSR count). The Balaban J connectivity index is 1.67. The first kappa shape index (κ1) is 13.6. The van der Waals surface area contributed by atoms with Gasteiger partial charge in [-0.1, -0.05) is 6.92 Å². The molecule has 1 atom stereocenters. The quantitative estimate of drug-likeness (QED) is 0.911. The minimum absolute atomic E-state index is 0.0522. The number of aromatic nitrogens is 2. The summed E-state index contributed by atoms with van der Waals surface area (Å²) in [5.74, 6) is 1.60. The van der Waals surface area contributed by atoms with E-state index < -0.39 is 0 Å². The van der Waals surface area contributed by atoms with Crippen molar-refractivity contribution in [3.63, 3.8) is 0 Å². The van der Waals surface area contributed by atoms with Crippen LogP contribution in [0.25, 0.3) is 0 Å². The van der Waals surface area contributed by atoms with E-state index in [0.29, 0.717) is 5.92 Å². The normalized spacial score (nSPS) is 26.6. The molecule has 0 bridgehead atoms. The molecule has 2 aliphatic heterocycles. The van der Waals surface area contributed by atoms with Crippen molar-refractivity contribution in [2.45, 2.75) is 44.8 Å². The number of hydrogen-bond donors (Lipinski definition) is 1. The second-order valence-electron chi connectivity index (χ2n) is 6.35. The van der Waals surface area contributed by atoms with Gasteiger partial charge >= 0.3 is 0 Å². The van der Waals surface area contributed by atoms with E-state index in [4.69, 9.17) is 14.7 Å². The van der Waals surface area contributed by atoms with Crippen LogP contribution in [-0.2, 0) is 17.7 Å². The molecule has 1 saturated carbocycles. The average molecular weight is 288 g/mol. The fourth-order valence-electron chi connectivity index (χ4n) is 3.37. The second kappa shape index (κ2) is 5.63. The van der Waals surface area contributed by atoms with Crippen LogP contribution in [0.1, 0.15) is 54.6 Å². The molecule has 1 aromatic heterocycles. The maximum Gasteiger partial charge on any atom is 0.158 e. The molecule has 5 heteroatoms. The lowest BCUT2D eigenvalue weighted by Crippen LogP contribution is -2.39. The number of morpholine rings is 1. The van der Waals surface area contributed by atoms with E-state index in [1.165, 1.54) is 29.8 Å². The van der Waals surface area contributed by atoms with Crippen molar-refractivity contribution >= 4 is 0 Å². The molecule has 1 unspecified atom stereocenters. The van der Waals surface area contributed by atoms with Gasteiger partial charge < -0.3 is 10.1 Å². The number of ether oxygens (including phenoxy) is 1. The molecule has 0 spiro atoms. The van der Waals surface area contributed by atoms with Gasteiger partial charge in [-0.3, -0.25) is 4.90 Å². The summed E-state index contributed by atoms with van der Waals surface area (Å²) in [6, 6.07) is 0. The Kier molecular flexibility index (Phi) is 3.65. The molecule has 3 aliphatic rings. The molecular formula is C16H24N4O. The lowest BCUT2D eigenvalue weighted by atomic mass is 10.0. The SMILES string of the molecule is CCN1CCOC(c2nc3c(c(C4CC4)n2)CNCC3)C1. The second-order valence-corrected chi connectivity index (χ2v) is 6.35. The first-order chi connectivity index (χ1) is 10.3. The summed E-state index contributed by atoms with van der Waals surface area (Å²) >= 11 is 0. The highest BCUT2D eigenvalue weighted by atomic mass is 16.5. The van der Waals surface area contributed by atoms with Crippen molar-refractivity contribution in [2.75, 3.05) is 32.8 Å². The Labute approximate surface area is 126 Å². The zero-order chi connectivity index (χ0) is 14.2. The van der Waals surface area contributed by atoms with Gasteiger partial charge in [-0.15, -0.1) is 0 Å². The third-order valence-corrected chi connectivity index (χ3v) is 4.83. The molecule has 1 aliphatic carbocycles. The van der Waals surface area contributed by atoms with Crippen LogP contribution in [0.4, 0.5) is 0 Å². The highest BCUT2D eigenvalue weighted by molar-refractivity contribution is 5.33. The van der Waals surface area contributed by atoms with E-state index in [0.717, 1.165) is 51.6 Å². The zero-order valence-corrected chi connectivity index (χ0v) is 12.8. The summed E-state index contributed by atoms with van der Waals surface area (Å²) in [6.07, 6.45) is 3.65. The molecule has 0 amide bonds. The van der Waals surface area contributed by atoms with Crippen molar-refractivity contribution in [2.24, 2.45) is 0 Å². The first-order valence-corrected chi connectivity index (χ1v) is 8.29. The smallest absolute Gasteiger partial charge is 0.158 e. The number of fused-ring (bicyclic) bond motifs is 1. The summed E-state index contributed by atoms with van der Waals surface area (Å²) < 4.78 is 5.96. The predicted octanol–water partition coefficient (Wildman–Crippen LogP) is 1.39. The van der Waals surface area contributed by atoms with Gasteiger partial charge in [0.2, 0.25) is 0 Å². The fourth-order valence-corrected chi connectivity index (χ4v) is 3.37. The van der Waals surface area contributed by atoms with Crippen LogP contribution in [0.3, 0.4) is 0 Å². The van der Waals surface area contributed by atoms with Gasteiger partial charge in [-0.2, -0.15) is 0 Å². The molecule has 0 aromatic carbocycles. The standard InChI is InChI=1S/C16H24N4O/c1-2-20-7-8-21-14(10-20)16-18-13-5-6-17-9-12(13)15(19-16)11-3-4-11/h11,14,17H,2-10H2,1H3. The van der Waals surface area contributed by atoms with Crippen LogP contribution in [-0.4, -0.2) is 47.7 Å². The van der Waals surface area contributed by atoms with E-state index >= 15 is 0 Å². The Bertz CT molecular complexity index is 529. The number of likely N-dealkylation sites (N-methyl/N-ethyl adjacent to an activating group) is 1. The Morgan fingerprint density at radius 2 is 2.24 bits per heavy atom. The van der Waals surface area contributed by atoms with Crippen LogP contribution in [0, 0.1) is 0 Å². The largest absolute Gasteiger partial charge is 0.368 e. The Hall–Kier alpha value is -1.04. The summed E-state index contributed by atoms with van der Waals surface area (Å²) in [5, 5.41) is 3.46. The number of hydrogen-bond acceptors (Lipinski definition) is 5. The predicted molar refractivity (Wildman–Crippen MR) is 80.2 cm³/mol. The minimum Gasteiger partial charge on any atom is -0.368 e. The number of rotatable bonds is 3. The van der Waals surface area contributed by atoms with Crippen LogP contribution >= 0.6 is 0 Å². The van der Waals surface area contributed by atoms with Crippen LogP contribution in [0.2, 0.25) is 0 Å². The van der Waals surface area contributed by atoms with Crippen molar-refractivity contribution in [1.29, 1.82) is 0 Å². The van der Waals surface area contributed by atoms with Gasteiger partial charge in [0.15, 0.2) is 5.82 Å². The molecule has 0 radical (unpaired) electrons. The van der Waals surface area contributed by atoms with E-state index in [1.54, 1.807) is 0 Å². The topological polar surface area (TPSA) is 50.3 Å². The van der Waals surface area contributed by atoms with Crippen molar-refractivity contribution in [3.8, 4) is 0 Å². The molecule has 3 heterocycles. The average Bonchev–Trinajstić information content (AvgIpc) is 3.38. The van der Waals surface area contributed by atoms with Crippen LogP contribution in [0.5, 0.6) is 0 Å². The molecule has 2 fully saturated rings. The minimum atomic E-state index is 0.0522. The lowest BCUT2D eigenvalue weighted by molar-refractivity contribution is -0.0328. The summed E-state index contributed by atoms with van der Waals surface area (Å²) in [5.41, 5.74) is 3.94. The monoisotopic (exact) mass is 288 g/mol. The molecule has 1 N–H and O–H groups in total. The van der Waals surface area contributed by atoms with Crippen molar-refractivity contribution in [1.82, 2.24) is 20.2 Å². The van der Waals surface area contributed by atoms with Gasteiger partial charge in [0.1, 0.15) is 6.10 Å². The van der Waals surface area contributed by atoms with Gasteiger partial charge in [-0.25, -0.2) is 9.97 Å². The zero-order valence-electron chi connectivity index (χ0n) is 12.8. The van der Waals surface area contributed by atoms with Gasteiger partial charge in [0.05, 0.1) is 18.0 Å². The lowest BCUT2D eigenvalue weighted by Gasteiger charge is -2.32. The maximum absolute atomic E-state index is 5.96. The third-order valence-electron chi connectivity index (χ3n) is 4.83. The summed E-state index contributed by atoms with van der Waals surface area (Å²) in [6.45, 7) is 7.99. The molecule has 114 valence electrons. The summed E-state index contributed by atoms with van der Waals surface area (Å²) in [4.78, 5) is 12.2. The first-order valence-electron chi connectivity index (χ1n) is 8.29. The number of nitrogens with zero attached hydrogens (tertiary/aromatic N) is 3. The van der Waals surface area contributed by atoms with E-state index in [1.807, 2.05) is 0 Å². The van der Waals surface area contributed by atoms with E-state index in [2.05, 4.69) is 17.1 Å². The van der Waals surface area contributed by atoms with Gasteiger partial charge in [0.25, 0.3) is 0 Å². The third kappa shape index (κ3) is 2.70. The highest BCUT2D eigenvalue weighted by Gasteiger charge is 2.32. The molecule has 1 aromatic rings. The highest BCUT2D eigenvalue weighted by Crippen LogP contribution is 2.42. The fraction of sp³-hybridized carbons (Fsp3) is 0.750. The molecule has 21 heavy (non-hydrogen) atoms. The Morgan fingerprint density at radius 1 is 1.33 bits per heavy atom. The van der Waals surface area contributed by atoms with Gasteiger partial charge in [-0.05, 0) is 19.4 Å². The van der Waals surface area contributed by atoms with Crippen LogP contribution in [0.15, 0.2) is 0 Å². The maximum atomic E-state index is 5.96. The van der Waals surface area contributed by atoms with Crippen molar-refractivity contribution < 1.29 is 4.74 Å². The van der Waals surface area contributed by atoms with E-state index in [-0.39, 0.29) is 6.10 Å². The van der Waals surface area contributed by atoms with Crippen molar-refractivity contribution in [3.05, 3.63) is 22.8 Å². The molecule has 1 saturated heterocycles. The number of nitrogens with one attached hydrogen (secondary N) is 1. The van der Waals surface area contributed by atoms with E-state index in [9.17, 15) is 0 Å². The molecular weight excluding hydrogens is 264 g/mol. The van der Waals surface area contributed by atoms with Crippen LogP contribution < -0.4 is 5.32 Å². The Morgan fingerprint density at radius 3 is 3.05 bits per heavy atom.